The summed E-state index contributed by atoms with van der Waals surface area (Å²) >= 11 is 0. The average Bonchev–Trinajstić information content (AvgIpc) is 3.92. The fraction of sp³-hybridized carbons (Fsp3) is 0.135. The molecule has 0 atom stereocenters. The van der Waals surface area contributed by atoms with E-state index in [9.17, 15) is 4.79 Å². The third-order valence-electron chi connectivity index (χ3n) is 7.90. The van der Waals surface area contributed by atoms with Crippen molar-refractivity contribution in [2.45, 2.75) is 13.2 Å². The number of oxazole rings is 1. The molecule has 0 radical (unpaired) electrons. The minimum absolute atomic E-state index is 0.0842. The van der Waals surface area contributed by atoms with Gasteiger partial charge in [0.15, 0.2) is 11.2 Å². The normalized spacial score (nSPS) is 11.4. The summed E-state index contributed by atoms with van der Waals surface area (Å²) in [6.45, 7) is 8.89. The molecule has 0 aliphatic rings. The van der Waals surface area contributed by atoms with Gasteiger partial charge in [-0.15, -0.1) is 0 Å². The third kappa shape index (κ3) is 7.63. The first-order valence-electron chi connectivity index (χ1n) is 15.9. The van der Waals surface area contributed by atoms with E-state index in [0.717, 1.165) is 22.4 Å². The summed E-state index contributed by atoms with van der Waals surface area (Å²) in [5, 5.41) is 2.78. The van der Waals surface area contributed by atoms with Crippen LogP contribution in [0.2, 0.25) is 0 Å². The molecule has 0 fully saturated rings. The van der Waals surface area contributed by atoms with Crippen LogP contribution in [0.3, 0.4) is 0 Å². The van der Waals surface area contributed by atoms with Gasteiger partial charge in [0.1, 0.15) is 35.8 Å². The molecular formula is C37H31N9O5. The Bertz CT molecular complexity index is 2340. The highest BCUT2D eigenvalue weighted by Crippen LogP contribution is 2.29. The highest BCUT2D eigenvalue weighted by atomic mass is 16.5. The molecule has 0 unspecified atom stereocenters. The van der Waals surface area contributed by atoms with E-state index in [4.69, 9.17) is 30.6 Å². The quantitative estimate of drug-likeness (QED) is 0.117. The molecule has 3 aromatic carbocycles. The number of alkyl carbamates (subject to hydrolysis) is 1. The van der Waals surface area contributed by atoms with Gasteiger partial charge in [0.2, 0.25) is 17.7 Å². The monoisotopic (exact) mass is 681 g/mol. The van der Waals surface area contributed by atoms with Crippen molar-refractivity contribution in [1.82, 2.24) is 30.2 Å². The number of para-hydroxylation sites is 2. The zero-order chi connectivity index (χ0) is 35.2. The lowest BCUT2D eigenvalue weighted by Crippen LogP contribution is -2.28. The summed E-state index contributed by atoms with van der Waals surface area (Å²) in [6.07, 6.45) is 2.62. The van der Waals surface area contributed by atoms with E-state index in [0.29, 0.717) is 52.8 Å². The number of likely N-dealkylation sites (N-methyl/N-ethyl adjacent to an activating group) is 1. The standard InChI is InChI=1S/C37H31N9O5/c1-39-29(34-43-28-5-3-4-6-31(28)51-34)19-27-15-16-30(50-27)25-11-13-26(14-12-25)46(2)17-18-48-37(47)40-20-23-7-9-24(10-8-23)21-49-35-32-33(42-22-41-32)44-36(38)45-35/h3-16,19,22H,17-18,20-21H2,2H3,(H,40,47)(H3,38,41,42,44,45)/b29-19-. The molecular weight excluding hydrogens is 650 g/mol. The van der Waals surface area contributed by atoms with Crippen molar-refractivity contribution in [2.75, 3.05) is 30.8 Å². The Morgan fingerprint density at radius 2 is 1.80 bits per heavy atom. The van der Waals surface area contributed by atoms with Crippen molar-refractivity contribution in [3.8, 4) is 17.2 Å². The molecule has 0 aliphatic carbocycles. The van der Waals surface area contributed by atoms with Crippen molar-refractivity contribution in [1.29, 1.82) is 0 Å². The first kappa shape index (κ1) is 32.4. The summed E-state index contributed by atoms with van der Waals surface area (Å²) in [4.78, 5) is 37.6. The number of nitrogens with one attached hydrogen (secondary N) is 2. The maximum atomic E-state index is 12.3. The third-order valence-corrected chi connectivity index (χ3v) is 7.90. The number of nitrogens with zero attached hydrogens (tertiary/aromatic N) is 6. The van der Waals surface area contributed by atoms with Gasteiger partial charge in [0.05, 0.1) is 19.4 Å². The summed E-state index contributed by atoms with van der Waals surface area (Å²) in [6, 6.07) is 26.5. The lowest BCUT2D eigenvalue weighted by Gasteiger charge is -2.19. The predicted molar refractivity (Wildman–Crippen MR) is 191 cm³/mol. The molecule has 14 heteroatoms. The number of imidazole rings is 1. The van der Waals surface area contributed by atoms with Crippen LogP contribution in [-0.4, -0.2) is 51.2 Å². The molecule has 4 aromatic heterocycles. The van der Waals surface area contributed by atoms with Gasteiger partial charge >= 0.3 is 6.09 Å². The molecule has 4 N–H and O–H groups in total. The number of hydrogen-bond donors (Lipinski definition) is 3. The Morgan fingerprint density at radius 3 is 2.61 bits per heavy atom. The van der Waals surface area contributed by atoms with Gasteiger partial charge in [0, 0.05) is 24.8 Å². The fourth-order valence-corrected chi connectivity index (χ4v) is 5.19. The second-order valence-corrected chi connectivity index (χ2v) is 11.4. The number of nitrogen functional groups attached to an aromatic ring is 1. The van der Waals surface area contributed by atoms with Gasteiger partial charge < -0.3 is 39.2 Å². The number of hydrogen-bond acceptors (Lipinski definition) is 11. The summed E-state index contributed by atoms with van der Waals surface area (Å²) < 4.78 is 23.0. The van der Waals surface area contributed by atoms with E-state index < -0.39 is 6.09 Å². The second-order valence-electron chi connectivity index (χ2n) is 11.4. The largest absolute Gasteiger partial charge is 0.471 e. The molecule has 0 aliphatic heterocycles. The van der Waals surface area contributed by atoms with Crippen molar-refractivity contribution in [3.63, 3.8) is 0 Å². The summed E-state index contributed by atoms with van der Waals surface area (Å²) in [7, 11) is 1.92. The Morgan fingerprint density at radius 1 is 1.00 bits per heavy atom. The van der Waals surface area contributed by atoms with Gasteiger partial charge in [-0.2, -0.15) is 9.97 Å². The van der Waals surface area contributed by atoms with E-state index in [1.807, 2.05) is 90.8 Å². The number of benzene rings is 3. The molecule has 0 bridgehead atoms. The number of carbonyl (C=O) groups is 1. The lowest BCUT2D eigenvalue weighted by molar-refractivity contribution is 0.148. The smallest absolute Gasteiger partial charge is 0.407 e. The van der Waals surface area contributed by atoms with Crippen LogP contribution in [0.4, 0.5) is 16.4 Å². The molecule has 1 amide bonds. The summed E-state index contributed by atoms with van der Waals surface area (Å²) in [5.74, 6) is 1.83. The van der Waals surface area contributed by atoms with Crippen LogP contribution in [0.5, 0.6) is 5.88 Å². The number of ether oxygens (including phenoxy) is 2. The molecule has 254 valence electrons. The Labute approximate surface area is 291 Å². The van der Waals surface area contributed by atoms with E-state index in [-0.39, 0.29) is 30.7 Å². The van der Waals surface area contributed by atoms with Crippen LogP contribution in [-0.2, 0) is 17.9 Å². The van der Waals surface area contributed by atoms with Gasteiger partial charge in [-0.1, -0.05) is 36.4 Å². The van der Waals surface area contributed by atoms with Gasteiger partial charge in [-0.05, 0) is 65.7 Å². The van der Waals surface area contributed by atoms with Gasteiger partial charge in [-0.25, -0.2) is 19.6 Å². The van der Waals surface area contributed by atoms with E-state index in [1.165, 1.54) is 6.33 Å². The molecule has 14 nitrogen and oxygen atoms in total. The van der Waals surface area contributed by atoms with Crippen LogP contribution in [0.25, 0.3) is 50.2 Å². The Hall–Kier alpha value is -7.14. The zero-order valence-electron chi connectivity index (χ0n) is 27.4. The minimum Gasteiger partial charge on any atom is -0.471 e. The molecule has 7 aromatic rings. The van der Waals surface area contributed by atoms with Crippen LogP contribution >= 0.6 is 0 Å². The average molecular weight is 682 g/mol. The molecule has 51 heavy (non-hydrogen) atoms. The number of rotatable bonds is 12. The fourth-order valence-electron chi connectivity index (χ4n) is 5.19. The first-order chi connectivity index (χ1) is 24.9. The first-order valence-corrected chi connectivity index (χ1v) is 15.9. The Balaban J connectivity index is 0.850. The maximum Gasteiger partial charge on any atom is 0.407 e. The van der Waals surface area contributed by atoms with E-state index >= 15 is 0 Å². The van der Waals surface area contributed by atoms with Crippen LogP contribution < -0.4 is 20.7 Å². The van der Waals surface area contributed by atoms with Gasteiger partial charge in [-0.3, -0.25) is 0 Å². The number of furan rings is 1. The number of nitrogens with two attached hydrogens (primary N) is 1. The SMILES string of the molecule is [C-]#[N+]/C(=C\c1ccc(-c2ccc(N(C)CCOC(=O)NCc3ccc(COc4nc(N)nc5nc[nH]c45)cc3)cc2)o1)c1nc2ccccc2o1. The van der Waals surface area contributed by atoms with Crippen molar-refractivity contribution in [2.24, 2.45) is 0 Å². The summed E-state index contributed by atoms with van der Waals surface area (Å²) in [5.41, 5.74) is 12.0. The van der Waals surface area contributed by atoms with E-state index in [1.54, 1.807) is 12.1 Å². The van der Waals surface area contributed by atoms with Crippen molar-refractivity contribution >= 4 is 51.8 Å². The lowest BCUT2D eigenvalue weighted by atomic mass is 10.1. The topological polar surface area (TPSA) is 175 Å². The molecule has 0 spiro atoms. The number of aromatic amines is 1. The number of H-pyrrole nitrogens is 1. The second kappa shape index (κ2) is 14.5. The maximum absolute atomic E-state index is 12.3. The molecule has 0 saturated carbocycles. The van der Waals surface area contributed by atoms with Gasteiger partial charge in [0.25, 0.3) is 5.70 Å². The molecule has 7 rings (SSSR count). The number of carbonyl (C=O) groups excluding carboxylic acids is 1. The van der Waals surface area contributed by atoms with E-state index in [2.05, 4.69) is 35.1 Å². The Kier molecular flexibility index (Phi) is 9.24. The van der Waals surface area contributed by atoms with Crippen LogP contribution in [0, 0.1) is 6.57 Å². The number of amides is 1. The molecule has 4 heterocycles. The zero-order valence-corrected chi connectivity index (χ0v) is 27.4. The van der Waals surface area contributed by atoms with Crippen LogP contribution in [0.15, 0.2) is 100 Å². The van der Waals surface area contributed by atoms with Crippen molar-refractivity contribution < 1.29 is 23.1 Å². The minimum atomic E-state index is -0.503. The van der Waals surface area contributed by atoms with Crippen molar-refractivity contribution in [3.05, 3.63) is 125 Å². The predicted octanol–water partition coefficient (Wildman–Crippen LogP) is 6.70. The highest BCUT2D eigenvalue weighted by Gasteiger charge is 2.14. The number of fused-ring (bicyclic) bond motifs is 2. The highest BCUT2D eigenvalue weighted by molar-refractivity contribution is 5.84. The number of aromatic nitrogens is 5. The molecule has 0 saturated heterocycles. The van der Waals surface area contributed by atoms with Crippen LogP contribution in [0.1, 0.15) is 22.8 Å². The number of anilines is 2.